The number of benzene rings is 3. The van der Waals surface area contributed by atoms with Gasteiger partial charge >= 0.3 is 6.61 Å². The number of amides is 1. The van der Waals surface area contributed by atoms with Crippen LogP contribution in [0.4, 0.5) is 20.2 Å². The van der Waals surface area contributed by atoms with Crippen molar-refractivity contribution in [3.05, 3.63) is 77.9 Å². The summed E-state index contributed by atoms with van der Waals surface area (Å²) in [5, 5.41) is 3.28. The molecular formula is C22H16F2N2O4. The van der Waals surface area contributed by atoms with E-state index in [1.54, 1.807) is 60.7 Å². The predicted octanol–water partition coefficient (Wildman–Crippen LogP) is 4.79. The summed E-state index contributed by atoms with van der Waals surface area (Å²) in [6.07, 6.45) is -0.775. The van der Waals surface area contributed by atoms with E-state index in [-0.39, 0.29) is 18.4 Å². The normalized spacial score (nSPS) is 17.0. The van der Waals surface area contributed by atoms with Gasteiger partial charge in [-0.15, -0.1) is 0 Å². The molecule has 2 aliphatic rings. The third-order valence-corrected chi connectivity index (χ3v) is 4.99. The molecule has 8 heteroatoms. The number of halogens is 2. The lowest BCUT2D eigenvalue weighted by Gasteiger charge is -2.38. The van der Waals surface area contributed by atoms with E-state index in [4.69, 9.17) is 14.2 Å². The monoisotopic (exact) mass is 410 g/mol. The minimum absolute atomic E-state index is 0.0112. The van der Waals surface area contributed by atoms with Gasteiger partial charge in [0.25, 0.3) is 5.91 Å². The number of para-hydroxylation sites is 2. The summed E-state index contributed by atoms with van der Waals surface area (Å²) in [4.78, 5) is 15.0. The first kappa shape index (κ1) is 18.2. The molecule has 0 saturated carbocycles. The number of nitrogens with zero attached hydrogens (tertiary/aromatic N) is 1. The van der Waals surface area contributed by atoms with Gasteiger partial charge in [0.15, 0.2) is 11.5 Å². The summed E-state index contributed by atoms with van der Waals surface area (Å²) in [7, 11) is 0. The molecule has 0 unspecified atom stereocenters. The zero-order valence-corrected chi connectivity index (χ0v) is 15.5. The maximum Gasteiger partial charge on any atom is 0.387 e. The second-order valence-corrected chi connectivity index (χ2v) is 6.72. The lowest BCUT2D eigenvalue weighted by Crippen LogP contribution is -2.43. The number of hydrogen-bond donors (Lipinski definition) is 1. The third kappa shape index (κ3) is 3.06. The Hall–Kier alpha value is -3.81. The number of hydrogen-bond acceptors (Lipinski definition) is 5. The van der Waals surface area contributed by atoms with Gasteiger partial charge in [0.2, 0.25) is 6.79 Å². The number of nitrogens with one attached hydrogen (secondary N) is 1. The molecule has 0 aromatic heterocycles. The fourth-order valence-corrected chi connectivity index (χ4v) is 3.68. The van der Waals surface area contributed by atoms with Crippen molar-refractivity contribution in [3.8, 4) is 17.2 Å². The van der Waals surface area contributed by atoms with Gasteiger partial charge in [0, 0.05) is 17.3 Å². The smallest absolute Gasteiger partial charge is 0.387 e. The molecule has 5 rings (SSSR count). The number of rotatable bonds is 4. The second kappa shape index (κ2) is 7.22. The van der Waals surface area contributed by atoms with Crippen molar-refractivity contribution < 1.29 is 27.8 Å². The van der Waals surface area contributed by atoms with Gasteiger partial charge < -0.3 is 19.5 Å². The molecule has 1 N–H and O–H groups in total. The molecule has 3 aromatic rings. The van der Waals surface area contributed by atoms with Crippen molar-refractivity contribution >= 4 is 17.3 Å². The predicted molar refractivity (Wildman–Crippen MR) is 105 cm³/mol. The fraction of sp³-hybridized carbons (Fsp3) is 0.136. The summed E-state index contributed by atoms with van der Waals surface area (Å²) in [5.74, 6) is 0.799. The highest BCUT2D eigenvalue weighted by Gasteiger charge is 2.36. The van der Waals surface area contributed by atoms with Crippen LogP contribution in [0.3, 0.4) is 0 Å². The zero-order valence-electron chi connectivity index (χ0n) is 15.5. The molecule has 2 aliphatic heterocycles. The Labute approximate surface area is 170 Å². The van der Waals surface area contributed by atoms with Gasteiger partial charge in [-0.1, -0.05) is 30.3 Å². The molecule has 0 spiro atoms. The largest absolute Gasteiger partial charge is 0.454 e. The van der Waals surface area contributed by atoms with Gasteiger partial charge in [-0.3, -0.25) is 9.69 Å². The molecule has 0 saturated heterocycles. The van der Waals surface area contributed by atoms with Gasteiger partial charge in [-0.2, -0.15) is 8.78 Å². The van der Waals surface area contributed by atoms with Crippen molar-refractivity contribution in [3.63, 3.8) is 0 Å². The van der Waals surface area contributed by atoms with Crippen LogP contribution in [0.2, 0.25) is 0 Å². The van der Waals surface area contributed by atoms with Crippen molar-refractivity contribution in [2.24, 2.45) is 0 Å². The quantitative estimate of drug-likeness (QED) is 0.670. The van der Waals surface area contributed by atoms with Crippen LogP contribution in [-0.4, -0.2) is 19.3 Å². The molecule has 2 heterocycles. The molecule has 1 amide bonds. The summed E-state index contributed by atoms with van der Waals surface area (Å²) in [6, 6.07) is 18.6. The molecule has 0 bridgehead atoms. The Morgan fingerprint density at radius 2 is 1.77 bits per heavy atom. The first-order valence-electron chi connectivity index (χ1n) is 9.24. The lowest BCUT2D eigenvalue weighted by atomic mass is 10.0. The SMILES string of the molecule is O=C1c2ccccc2N[C@@H](c2ccccc2OC(F)F)N1c1ccc2c(c1)OCO2. The number of fused-ring (bicyclic) bond motifs is 2. The Kier molecular flexibility index (Phi) is 4.39. The van der Waals surface area contributed by atoms with Crippen molar-refractivity contribution in [2.45, 2.75) is 12.8 Å². The maximum atomic E-state index is 13.5. The molecule has 0 fully saturated rings. The number of alkyl halides is 2. The van der Waals surface area contributed by atoms with Crippen LogP contribution in [0.15, 0.2) is 66.7 Å². The van der Waals surface area contributed by atoms with Crippen LogP contribution in [0.5, 0.6) is 17.2 Å². The van der Waals surface area contributed by atoms with E-state index in [1.165, 1.54) is 11.0 Å². The molecule has 6 nitrogen and oxygen atoms in total. The van der Waals surface area contributed by atoms with Crippen LogP contribution >= 0.6 is 0 Å². The molecule has 30 heavy (non-hydrogen) atoms. The number of anilines is 2. The van der Waals surface area contributed by atoms with E-state index in [1.807, 2.05) is 0 Å². The Morgan fingerprint density at radius 1 is 1.00 bits per heavy atom. The van der Waals surface area contributed by atoms with E-state index in [0.29, 0.717) is 34.0 Å². The van der Waals surface area contributed by atoms with Crippen LogP contribution in [-0.2, 0) is 0 Å². The maximum absolute atomic E-state index is 13.5. The fourth-order valence-electron chi connectivity index (χ4n) is 3.68. The molecule has 0 aliphatic carbocycles. The molecular weight excluding hydrogens is 394 g/mol. The highest BCUT2D eigenvalue weighted by molar-refractivity contribution is 6.12. The van der Waals surface area contributed by atoms with Gasteiger partial charge in [-0.05, 0) is 30.3 Å². The van der Waals surface area contributed by atoms with Crippen LogP contribution in [0.1, 0.15) is 22.1 Å². The standard InChI is InChI=1S/C22H16F2N2O4/c23-22(24)30-17-8-4-2-6-15(17)20-25-16-7-3-1-5-14(16)21(27)26(20)13-9-10-18-19(11-13)29-12-28-18/h1-11,20,22,25H,12H2/t20-/m1/s1. The highest BCUT2D eigenvalue weighted by Crippen LogP contribution is 2.43. The second-order valence-electron chi connectivity index (χ2n) is 6.72. The van der Waals surface area contributed by atoms with E-state index < -0.39 is 12.8 Å². The molecule has 3 aromatic carbocycles. The van der Waals surface area contributed by atoms with Crippen molar-refractivity contribution in [1.29, 1.82) is 0 Å². The van der Waals surface area contributed by atoms with E-state index >= 15 is 0 Å². The Bertz CT molecular complexity index is 1120. The highest BCUT2D eigenvalue weighted by atomic mass is 19.3. The average molecular weight is 410 g/mol. The molecule has 152 valence electrons. The van der Waals surface area contributed by atoms with Gasteiger partial charge in [-0.25, -0.2) is 0 Å². The summed E-state index contributed by atoms with van der Waals surface area (Å²) >= 11 is 0. The Balaban J connectivity index is 1.65. The van der Waals surface area contributed by atoms with Crippen LogP contribution in [0.25, 0.3) is 0 Å². The molecule has 0 radical (unpaired) electrons. The molecule has 1 atom stereocenters. The number of carbonyl (C=O) groups is 1. The average Bonchev–Trinajstić information content (AvgIpc) is 3.21. The van der Waals surface area contributed by atoms with Crippen LogP contribution < -0.4 is 24.4 Å². The van der Waals surface area contributed by atoms with E-state index in [0.717, 1.165) is 0 Å². The van der Waals surface area contributed by atoms with Gasteiger partial charge in [0.05, 0.1) is 11.3 Å². The Morgan fingerprint density at radius 3 is 2.63 bits per heavy atom. The number of ether oxygens (including phenoxy) is 3. The summed E-state index contributed by atoms with van der Waals surface area (Å²) < 4.78 is 41.5. The minimum atomic E-state index is -2.99. The lowest BCUT2D eigenvalue weighted by molar-refractivity contribution is -0.0505. The van der Waals surface area contributed by atoms with Crippen LogP contribution in [0, 0.1) is 0 Å². The first-order valence-corrected chi connectivity index (χ1v) is 9.24. The number of carbonyl (C=O) groups excluding carboxylic acids is 1. The first-order chi connectivity index (χ1) is 14.6. The van der Waals surface area contributed by atoms with E-state index in [9.17, 15) is 13.6 Å². The van der Waals surface area contributed by atoms with Gasteiger partial charge in [0.1, 0.15) is 11.9 Å². The topological polar surface area (TPSA) is 60.0 Å². The zero-order chi connectivity index (χ0) is 20.7. The van der Waals surface area contributed by atoms with Crippen molar-refractivity contribution in [1.82, 2.24) is 0 Å². The summed E-state index contributed by atoms with van der Waals surface area (Å²) in [5.41, 5.74) is 2.01. The summed E-state index contributed by atoms with van der Waals surface area (Å²) in [6.45, 7) is -2.89. The van der Waals surface area contributed by atoms with Crippen molar-refractivity contribution in [2.75, 3.05) is 17.0 Å². The third-order valence-electron chi connectivity index (χ3n) is 4.99. The minimum Gasteiger partial charge on any atom is -0.454 e. The van der Waals surface area contributed by atoms with E-state index in [2.05, 4.69) is 5.32 Å².